The van der Waals surface area contributed by atoms with E-state index in [0.717, 1.165) is 29.3 Å². The Hall–Kier alpha value is -1.70. The third-order valence-corrected chi connectivity index (χ3v) is 8.07. The summed E-state index contributed by atoms with van der Waals surface area (Å²) in [5, 5.41) is 3.13. The van der Waals surface area contributed by atoms with Gasteiger partial charge in [0.05, 0.1) is 4.90 Å². The molecule has 30 heavy (non-hydrogen) atoms. The van der Waals surface area contributed by atoms with Crippen molar-refractivity contribution < 1.29 is 13.2 Å². The van der Waals surface area contributed by atoms with Crippen LogP contribution in [-0.4, -0.2) is 26.4 Å². The summed E-state index contributed by atoms with van der Waals surface area (Å²) in [5.41, 5.74) is 0.904. The minimum absolute atomic E-state index is 0.0664. The first kappa shape index (κ1) is 23.0. The normalized spacial score (nSPS) is 23.0. The SMILES string of the molecule is C[C@H]1[C@H](C)CCC[C@@H]1NC(=O)[C@@H](Cc1ccccc1)NS(=O)(=O)c1ccc(Br)cc1. The largest absolute Gasteiger partial charge is 0.352 e. The van der Waals surface area contributed by atoms with E-state index in [0.29, 0.717) is 18.3 Å². The third kappa shape index (κ3) is 5.93. The number of rotatable bonds is 7. The molecule has 0 bridgehead atoms. The van der Waals surface area contributed by atoms with Gasteiger partial charge in [-0.3, -0.25) is 4.79 Å². The smallest absolute Gasteiger partial charge is 0.241 e. The topological polar surface area (TPSA) is 75.3 Å². The van der Waals surface area contributed by atoms with E-state index in [1.807, 2.05) is 30.3 Å². The summed E-state index contributed by atoms with van der Waals surface area (Å²) in [6.45, 7) is 4.37. The summed E-state index contributed by atoms with van der Waals surface area (Å²) in [6, 6.07) is 15.1. The number of hydrogen-bond donors (Lipinski definition) is 2. The van der Waals surface area contributed by atoms with Gasteiger partial charge in [0, 0.05) is 10.5 Å². The molecule has 1 saturated carbocycles. The second kappa shape index (κ2) is 10.1. The molecule has 1 fully saturated rings. The van der Waals surface area contributed by atoms with Gasteiger partial charge in [-0.15, -0.1) is 0 Å². The zero-order valence-electron chi connectivity index (χ0n) is 17.3. The van der Waals surface area contributed by atoms with E-state index >= 15 is 0 Å². The molecule has 7 heteroatoms. The summed E-state index contributed by atoms with van der Waals surface area (Å²) in [4.78, 5) is 13.3. The van der Waals surface area contributed by atoms with Gasteiger partial charge in [-0.05, 0) is 54.5 Å². The fourth-order valence-electron chi connectivity index (χ4n) is 3.98. The molecule has 1 aliphatic rings. The van der Waals surface area contributed by atoms with Crippen molar-refractivity contribution in [3.8, 4) is 0 Å². The van der Waals surface area contributed by atoms with Crippen LogP contribution in [0.15, 0.2) is 64.0 Å². The Bertz CT molecular complexity index is 948. The van der Waals surface area contributed by atoms with Crippen molar-refractivity contribution in [1.29, 1.82) is 0 Å². The molecular formula is C23H29BrN2O3S. The van der Waals surface area contributed by atoms with Crippen molar-refractivity contribution in [2.75, 3.05) is 0 Å². The number of hydrogen-bond acceptors (Lipinski definition) is 3. The molecule has 2 N–H and O–H groups in total. The Morgan fingerprint density at radius 1 is 1.07 bits per heavy atom. The number of carbonyl (C=O) groups excluding carboxylic acids is 1. The fourth-order valence-corrected chi connectivity index (χ4v) is 5.44. The highest BCUT2D eigenvalue weighted by Gasteiger charge is 2.32. The maximum Gasteiger partial charge on any atom is 0.241 e. The highest BCUT2D eigenvalue weighted by atomic mass is 79.9. The molecule has 1 amide bonds. The lowest BCUT2D eigenvalue weighted by Crippen LogP contribution is -2.53. The monoisotopic (exact) mass is 492 g/mol. The summed E-state index contributed by atoms with van der Waals surface area (Å²) in [7, 11) is -3.84. The Kier molecular flexibility index (Phi) is 7.71. The first-order valence-electron chi connectivity index (χ1n) is 10.4. The second-order valence-corrected chi connectivity index (χ2v) is 10.8. The Morgan fingerprint density at radius 2 is 1.73 bits per heavy atom. The zero-order valence-corrected chi connectivity index (χ0v) is 19.7. The maximum atomic E-state index is 13.2. The molecule has 3 rings (SSSR count). The average Bonchev–Trinajstić information content (AvgIpc) is 2.72. The van der Waals surface area contributed by atoms with E-state index in [2.05, 4.69) is 39.8 Å². The van der Waals surface area contributed by atoms with Crippen LogP contribution in [0.2, 0.25) is 0 Å². The fraction of sp³-hybridized carbons (Fsp3) is 0.435. The average molecular weight is 493 g/mol. The molecule has 0 unspecified atom stereocenters. The predicted octanol–water partition coefficient (Wildman–Crippen LogP) is 4.28. The molecule has 162 valence electrons. The van der Waals surface area contributed by atoms with Crippen LogP contribution in [-0.2, 0) is 21.2 Å². The Morgan fingerprint density at radius 3 is 2.40 bits per heavy atom. The van der Waals surface area contributed by atoms with E-state index in [9.17, 15) is 13.2 Å². The van der Waals surface area contributed by atoms with Crippen LogP contribution in [0.4, 0.5) is 0 Å². The molecule has 0 aliphatic heterocycles. The number of benzene rings is 2. The Labute approximate surface area is 187 Å². The van der Waals surface area contributed by atoms with E-state index in [4.69, 9.17) is 0 Å². The Balaban J connectivity index is 1.80. The van der Waals surface area contributed by atoms with Crippen LogP contribution in [0, 0.1) is 11.8 Å². The predicted molar refractivity (Wildman–Crippen MR) is 123 cm³/mol. The third-order valence-electron chi connectivity index (χ3n) is 6.05. The van der Waals surface area contributed by atoms with Crippen LogP contribution < -0.4 is 10.0 Å². The van der Waals surface area contributed by atoms with E-state index in [-0.39, 0.29) is 16.8 Å². The van der Waals surface area contributed by atoms with Gasteiger partial charge in [-0.25, -0.2) is 8.42 Å². The number of sulfonamides is 1. The molecule has 0 aromatic heterocycles. The van der Waals surface area contributed by atoms with Crippen LogP contribution >= 0.6 is 15.9 Å². The molecule has 2 aromatic carbocycles. The molecular weight excluding hydrogens is 464 g/mol. The van der Waals surface area contributed by atoms with E-state index in [1.165, 1.54) is 12.1 Å². The summed E-state index contributed by atoms with van der Waals surface area (Å²) < 4.78 is 29.3. The molecule has 1 aliphatic carbocycles. The lowest BCUT2D eigenvalue weighted by Gasteiger charge is -2.35. The quantitative estimate of drug-likeness (QED) is 0.605. The summed E-state index contributed by atoms with van der Waals surface area (Å²) >= 11 is 3.32. The summed E-state index contributed by atoms with van der Waals surface area (Å²) in [5.74, 6) is 0.629. The van der Waals surface area contributed by atoms with Gasteiger partial charge in [0.25, 0.3) is 0 Å². The van der Waals surface area contributed by atoms with Crippen LogP contribution in [0.25, 0.3) is 0 Å². The number of nitrogens with one attached hydrogen (secondary N) is 2. The van der Waals surface area contributed by atoms with E-state index < -0.39 is 16.1 Å². The molecule has 4 atom stereocenters. The molecule has 2 aromatic rings. The zero-order chi connectivity index (χ0) is 21.7. The van der Waals surface area contributed by atoms with Crippen molar-refractivity contribution >= 4 is 31.9 Å². The molecule has 0 saturated heterocycles. The number of amides is 1. The summed E-state index contributed by atoms with van der Waals surface area (Å²) in [6.07, 6.45) is 3.45. The van der Waals surface area contributed by atoms with Gasteiger partial charge in [0.1, 0.15) is 6.04 Å². The number of carbonyl (C=O) groups is 1. The first-order valence-corrected chi connectivity index (χ1v) is 12.7. The maximum absolute atomic E-state index is 13.2. The van der Waals surface area contributed by atoms with Gasteiger partial charge in [0.15, 0.2) is 0 Å². The van der Waals surface area contributed by atoms with Crippen molar-refractivity contribution in [2.24, 2.45) is 11.8 Å². The van der Waals surface area contributed by atoms with Crippen molar-refractivity contribution in [3.63, 3.8) is 0 Å². The lowest BCUT2D eigenvalue weighted by atomic mass is 9.78. The van der Waals surface area contributed by atoms with Gasteiger partial charge in [-0.2, -0.15) is 4.72 Å². The highest BCUT2D eigenvalue weighted by Crippen LogP contribution is 2.29. The van der Waals surface area contributed by atoms with Crippen LogP contribution in [0.1, 0.15) is 38.7 Å². The van der Waals surface area contributed by atoms with Crippen molar-refractivity contribution in [1.82, 2.24) is 10.0 Å². The van der Waals surface area contributed by atoms with Gasteiger partial charge >= 0.3 is 0 Å². The van der Waals surface area contributed by atoms with Gasteiger partial charge in [0.2, 0.25) is 15.9 Å². The van der Waals surface area contributed by atoms with Crippen molar-refractivity contribution in [3.05, 3.63) is 64.6 Å². The minimum Gasteiger partial charge on any atom is -0.352 e. The van der Waals surface area contributed by atoms with Gasteiger partial charge < -0.3 is 5.32 Å². The first-order chi connectivity index (χ1) is 14.3. The number of halogens is 1. The van der Waals surface area contributed by atoms with Crippen molar-refractivity contribution in [2.45, 2.75) is 56.5 Å². The lowest BCUT2D eigenvalue weighted by molar-refractivity contribution is -0.124. The van der Waals surface area contributed by atoms with E-state index in [1.54, 1.807) is 12.1 Å². The molecule has 0 radical (unpaired) electrons. The molecule has 5 nitrogen and oxygen atoms in total. The van der Waals surface area contributed by atoms with Gasteiger partial charge in [-0.1, -0.05) is 73.0 Å². The second-order valence-electron chi connectivity index (χ2n) is 8.20. The van der Waals surface area contributed by atoms with Crippen LogP contribution in [0.5, 0.6) is 0 Å². The molecule has 0 spiro atoms. The minimum atomic E-state index is -3.84. The molecule has 0 heterocycles. The highest BCUT2D eigenvalue weighted by molar-refractivity contribution is 9.10. The standard InChI is InChI=1S/C23H29BrN2O3S/c1-16-7-6-10-21(17(16)2)25-23(27)22(15-18-8-4-3-5-9-18)26-30(28,29)20-13-11-19(24)12-14-20/h3-5,8-9,11-14,16-17,21-22,26H,6-7,10,15H2,1-2H3,(H,25,27)/t16-,17+,21+,22-/m1/s1. The van der Waals surface area contributed by atoms with Crippen LogP contribution in [0.3, 0.4) is 0 Å².